The third-order valence-corrected chi connectivity index (χ3v) is 4.29. The van der Waals surface area contributed by atoms with E-state index in [1.54, 1.807) is 37.4 Å². The SMILES string of the molecule is COc1cccc(-c2cc(NC(=O)c3ccc(N(C)OS(=O)[O-])cc3)ncn2)c1. The Morgan fingerprint density at radius 1 is 1.14 bits per heavy atom. The molecule has 0 saturated heterocycles. The van der Waals surface area contributed by atoms with Gasteiger partial charge in [-0.2, -0.15) is 4.28 Å². The van der Waals surface area contributed by atoms with E-state index in [9.17, 15) is 13.6 Å². The van der Waals surface area contributed by atoms with Gasteiger partial charge in [-0.1, -0.05) is 12.1 Å². The van der Waals surface area contributed by atoms with Gasteiger partial charge in [0.15, 0.2) is 0 Å². The van der Waals surface area contributed by atoms with Crippen molar-refractivity contribution in [3.63, 3.8) is 0 Å². The zero-order valence-corrected chi connectivity index (χ0v) is 16.4. The van der Waals surface area contributed by atoms with Gasteiger partial charge in [0, 0.05) is 24.2 Å². The molecule has 1 amide bonds. The van der Waals surface area contributed by atoms with Crippen LogP contribution < -0.4 is 15.1 Å². The summed E-state index contributed by atoms with van der Waals surface area (Å²) < 4.78 is 30.9. The molecular formula is C19H17N4O5S-. The monoisotopic (exact) mass is 413 g/mol. The van der Waals surface area contributed by atoms with Crippen molar-refractivity contribution < 1.29 is 22.6 Å². The predicted octanol–water partition coefficient (Wildman–Crippen LogP) is 2.57. The molecule has 0 aliphatic carbocycles. The number of nitrogens with zero attached hydrogens (tertiary/aromatic N) is 3. The molecular weight excluding hydrogens is 396 g/mol. The predicted molar refractivity (Wildman–Crippen MR) is 107 cm³/mol. The van der Waals surface area contributed by atoms with Crippen LogP contribution in [0.15, 0.2) is 60.9 Å². The summed E-state index contributed by atoms with van der Waals surface area (Å²) in [5, 5.41) is 3.78. The first-order chi connectivity index (χ1) is 14.0. The third-order valence-electron chi connectivity index (χ3n) is 3.94. The van der Waals surface area contributed by atoms with Crippen molar-refractivity contribution >= 4 is 28.8 Å². The zero-order valence-electron chi connectivity index (χ0n) is 15.6. The second kappa shape index (κ2) is 9.24. The Hall–Kier alpha value is -3.34. The number of carbonyl (C=O) groups excluding carboxylic acids is 1. The molecule has 9 nitrogen and oxygen atoms in total. The first-order valence-electron chi connectivity index (χ1n) is 8.35. The molecule has 29 heavy (non-hydrogen) atoms. The highest BCUT2D eigenvalue weighted by Gasteiger charge is 2.10. The summed E-state index contributed by atoms with van der Waals surface area (Å²) in [6.07, 6.45) is 1.36. The van der Waals surface area contributed by atoms with Crippen molar-refractivity contribution in [3.8, 4) is 17.0 Å². The van der Waals surface area contributed by atoms with E-state index < -0.39 is 11.4 Å². The van der Waals surface area contributed by atoms with E-state index in [1.165, 1.54) is 13.4 Å². The summed E-state index contributed by atoms with van der Waals surface area (Å²) in [5.41, 5.74) is 2.29. The molecule has 0 fully saturated rings. The maximum Gasteiger partial charge on any atom is 0.256 e. The van der Waals surface area contributed by atoms with Gasteiger partial charge in [-0.25, -0.2) is 19.2 Å². The van der Waals surface area contributed by atoms with Crippen molar-refractivity contribution in [2.24, 2.45) is 0 Å². The average Bonchev–Trinajstić information content (AvgIpc) is 2.73. The number of amides is 1. The fraction of sp³-hybridized carbons (Fsp3) is 0.105. The largest absolute Gasteiger partial charge is 0.748 e. The number of ether oxygens (including phenoxy) is 1. The third kappa shape index (κ3) is 5.35. The second-order valence-electron chi connectivity index (χ2n) is 5.80. The van der Waals surface area contributed by atoms with Crippen molar-refractivity contribution in [2.75, 3.05) is 24.5 Å². The van der Waals surface area contributed by atoms with Crippen LogP contribution in [0.3, 0.4) is 0 Å². The van der Waals surface area contributed by atoms with Crippen LogP contribution in [0, 0.1) is 0 Å². The highest BCUT2D eigenvalue weighted by atomic mass is 32.2. The number of rotatable bonds is 7. The molecule has 3 rings (SSSR count). The van der Waals surface area contributed by atoms with E-state index in [-0.39, 0.29) is 5.91 Å². The molecule has 1 heterocycles. The van der Waals surface area contributed by atoms with Crippen LogP contribution in [0.5, 0.6) is 5.75 Å². The van der Waals surface area contributed by atoms with E-state index in [4.69, 9.17) is 4.74 Å². The van der Waals surface area contributed by atoms with E-state index >= 15 is 0 Å². The van der Waals surface area contributed by atoms with Gasteiger partial charge < -0.3 is 14.6 Å². The van der Waals surface area contributed by atoms with Gasteiger partial charge in [0.25, 0.3) is 5.91 Å². The minimum Gasteiger partial charge on any atom is -0.748 e. The van der Waals surface area contributed by atoms with Crippen LogP contribution in [0.25, 0.3) is 11.3 Å². The number of benzene rings is 2. The van der Waals surface area contributed by atoms with Crippen molar-refractivity contribution in [3.05, 3.63) is 66.5 Å². The molecule has 1 aromatic heterocycles. The van der Waals surface area contributed by atoms with Crippen LogP contribution >= 0.6 is 0 Å². The molecule has 1 N–H and O–H groups in total. The first-order valence-corrected chi connectivity index (χ1v) is 9.35. The number of hydrogen-bond donors (Lipinski definition) is 1. The minimum absolute atomic E-state index is 0.342. The molecule has 10 heteroatoms. The van der Waals surface area contributed by atoms with E-state index in [0.29, 0.717) is 28.5 Å². The molecule has 0 aliphatic rings. The fourth-order valence-electron chi connectivity index (χ4n) is 2.51. The normalized spacial score (nSPS) is 11.6. The number of nitrogens with one attached hydrogen (secondary N) is 1. The average molecular weight is 413 g/mol. The molecule has 0 bridgehead atoms. The number of hydrogen-bond acceptors (Lipinski definition) is 8. The number of carbonyl (C=O) groups is 1. The number of aromatic nitrogens is 2. The van der Waals surface area contributed by atoms with Crippen molar-refractivity contribution in [2.45, 2.75) is 0 Å². The van der Waals surface area contributed by atoms with Gasteiger partial charge in [0.2, 0.25) is 0 Å². The Morgan fingerprint density at radius 2 is 1.90 bits per heavy atom. The standard InChI is InChI=1S/C19H18N4O5S/c1-23(28-29(25)26)15-8-6-13(7-9-15)19(24)22-18-11-17(20-12-21-18)14-4-3-5-16(10-14)27-2/h3-12H,1-2H3,(H,25,26)(H,20,21,22,24)/p-1. The molecule has 0 aliphatic heterocycles. The molecule has 0 saturated carbocycles. The number of hydroxylamine groups is 1. The van der Waals surface area contributed by atoms with Crippen LogP contribution in [-0.4, -0.2) is 38.8 Å². The van der Waals surface area contributed by atoms with Crippen molar-refractivity contribution in [1.82, 2.24) is 9.97 Å². The molecule has 3 aromatic rings. The van der Waals surface area contributed by atoms with E-state index in [1.807, 2.05) is 24.3 Å². The maximum atomic E-state index is 12.5. The maximum absolute atomic E-state index is 12.5. The summed E-state index contributed by atoms with van der Waals surface area (Å²) in [7, 11) is 3.02. The molecule has 150 valence electrons. The van der Waals surface area contributed by atoms with E-state index in [2.05, 4.69) is 19.6 Å². The summed E-state index contributed by atoms with van der Waals surface area (Å²) in [6.45, 7) is 0. The van der Waals surface area contributed by atoms with Gasteiger partial charge in [0.1, 0.15) is 29.3 Å². The lowest BCUT2D eigenvalue weighted by molar-refractivity contribution is 0.102. The van der Waals surface area contributed by atoms with Gasteiger partial charge in [-0.15, -0.1) is 0 Å². The molecule has 1 unspecified atom stereocenters. The van der Waals surface area contributed by atoms with Gasteiger partial charge >= 0.3 is 0 Å². The summed E-state index contributed by atoms with van der Waals surface area (Å²) in [4.78, 5) is 20.8. The fourth-order valence-corrected chi connectivity index (χ4v) is 2.78. The van der Waals surface area contributed by atoms with Crippen LogP contribution in [0.1, 0.15) is 10.4 Å². The highest BCUT2D eigenvalue weighted by molar-refractivity contribution is 7.74. The lowest BCUT2D eigenvalue weighted by Gasteiger charge is -2.19. The molecule has 0 radical (unpaired) electrons. The number of methoxy groups -OCH3 is 1. The summed E-state index contributed by atoms with van der Waals surface area (Å²) in [5.74, 6) is 0.665. The summed E-state index contributed by atoms with van der Waals surface area (Å²) >= 11 is -2.68. The Balaban J connectivity index is 1.73. The molecule has 0 spiro atoms. The zero-order chi connectivity index (χ0) is 20.8. The Labute approximate surface area is 169 Å². The highest BCUT2D eigenvalue weighted by Crippen LogP contribution is 2.23. The molecule has 2 aromatic carbocycles. The lowest BCUT2D eigenvalue weighted by atomic mass is 10.1. The lowest BCUT2D eigenvalue weighted by Crippen LogP contribution is -2.19. The van der Waals surface area contributed by atoms with Gasteiger partial charge in [-0.3, -0.25) is 4.79 Å². The second-order valence-corrected chi connectivity index (χ2v) is 6.35. The first kappa shape index (κ1) is 20.4. The van der Waals surface area contributed by atoms with Gasteiger partial charge in [-0.05, 0) is 36.4 Å². The number of anilines is 2. The van der Waals surface area contributed by atoms with E-state index in [0.717, 1.165) is 10.6 Å². The summed E-state index contributed by atoms with van der Waals surface area (Å²) in [6, 6.07) is 15.3. The van der Waals surface area contributed by atoms with Gasteiger partial charge in [0.05, 0.1) is 18.5 Å². The Morgan fingerprint density at radius 3 is 2.59 bits per heavy atom. The quantitative estimate of drug-likeness (QED) is 0.464. The minimum atomic E-state index is -2.68. The van der Waals surface area contributed by atoms with Crippen LogP contribution in [-0.2, 0) is 15.6 Å². The smallest absolute Gasteiger partial charge is 0.256 e. The van der Waals surface area contributed by atoms with Crippen LogP contribution in [0.4, 0.5) is 11.5 Å². The molecule has 1 atom stereocenters. The Bertz CT molecular complexity index is 1030. The topological polar surface area (TPSA) is 117 Å². The van der Waals surface area contributed by atoms with Crippen LogP contribution in [0.2, 0.25) is 0 Å². The Kier molecular flexibility index (Phi) is 6.50. The van der Waals surface area contributed by atoms with Crippen molar-refractivity contribution in [1.29, 1.82) is 0 Å².